The van der Waals surface area contributed by atoms with Crippen LogP contribution in [0.25, 0.3) is 0 Å². The molecule has 1 rings (SSSR count). The molecule has 0 saturated heterocycles. The monoisotopic (exact) mass is 219 g/mol. The molecule has 0 aromatic heterocycles. The van der Waals surface area contributed by atoms with Gasteiger partial charge in [-0.15, -0.1) is 0 Å². The third-order valence-electron chi connectivity index (χ3n) is 1.74. The Bertz CT molecular complexity index is 279. The fourth-order valence-corrected chi connectivity index (χ4v) is 1.56. The molecule has 0 heterocycles. The van der Waals surface area contributed by atoms with E-state index in [2.05, 4.69) is 5.32 Å². The van der Waals surface area contributed by atoms with Crippen LogP contribution >= 0.6 is 23.2 Å². The van der Waals surface area contributed by atoms with E-state index in [-0.39, 0.29) is 5.75 Å². The Kier molecular flexibility index (Phi) is 3.85. The Balaban J connectivity index is 2.86. The Hall–Kier alpha value is -0.440. The number of hydrogen-bond acceptors (Lipinski definition) is 2. The van der Waals surface area contributed by atoms with Crippen molar-refractivity contribution in [2.75, 3.05) is 13.6 Å². The van der Waals surface area contributed by atoms with Crippen LogP contribution in [0.1, 0.15) is 5.56 Å². The van der Waals surface area contributed by atoms with Crippen LogP contribution in [0.4, 0.5) is 0 Å². The lowest BCUT2D eigenvalue weighted by molar-refractivity contribution is 0.475. The van der Waals surface area contributed by atoms with Gasteiger partial charge in [0.05, 0.1) is 10.0 Å². The van der Waals surface area contributed by atoms with Crippen molar-refractivity contribution in [3.8, 4) is 5.75 Å². The van der Waals surface area contributed by atoms with Gasteiger partial charge in [0.2, 0.25) is 0 Å². The predicted molar refractivity (Wildman–Crippen MR) is 55.8 cm³/mol. The molecule has 0 aliphatic heterocycles. The molecular formula is C9H11Cl2NO. The molecule has 0 spiro atoms. The van der Waals surface area contributed by atoms with Crippen molar-refractivity contribution in [3.63, 3.8) is 0 Å². The van der Waals surface area contributed by atoms with Gasteiger partial charge >= 0.3 is 0 Å². The Morgan fingerprint density at radius 1 is 1.31 bits per heavy atom. The van der Waals surface area contributed by atoms with Gasteiger partial charge in [-0.3, -0.25) is 0 Å². The standard InChI is InChI=1S/C9H11Cl2NO/c1-12-3-2-6-4-7(10)9(13)8(11)5-6/h4-5,12-13H,2-3H2,1H3. The number of hydrogen-bond donors (Lipinski definition) is 2. The normalized spacial score (nSPS) is 10.4. The van der Waals surface area contributed by atoms with Gasteiger partial charge in [0.25, 0.3) is 0 Å². The Morgan fingerprint density at radius 3 is 2.31 bits per heavy atom. The number of halogens is 2. The van der Waals surface area contributed by atoms with E-state index in [1.807, 2.05) is 7.05 Å². The van der Waals surface area contributed by atoms with Gasteiger partial charge in [-0.2, -0.15) is 0 Å². The minimum absolute atomic E-state index is 0.0449. The van der Waals surface area contributed by atoms with E-state index in [0.717, 1.165) is 18.5 Å². The minimum Gasteiger partial charge on any atom is -0.505 e. The molecule has 0 saturated carbocycles. The van der Waals surface area contributed by atoms with Crippen LogP contribution in [0, 0.1) is 0 Å². The van der Waals surface area contributed by atoms with Crippen molar-refractivity contribution < 1.29 is 5.11 Å². The molecule has 1 aromatic carbocycles. The van der Waals surface area contributed by atoms with Crippen LogP contribution < -0.4 is 5.32 Å². The summed E-state index contributed by atoms with van der Waals surface area (Å²) in [6.07, 6.45) is 0.843. The first-order valence-electron chi connectivity index (χ1n) is 3.96. The van der Waals surface area contributed by atoms with Crippen LogP contribution in [-0.4, -0.2) is 18.7 Å². The molecule has 4 heteroatoms. The van der Waals surface area contributed by atoms with Crippen molar-refractivity contribution in [1.82, 2.24) is 5.32 Å². The van der Waals surface area contributed by atoms with Crippen molar-refractivity contribution in [3.05, 3.63) is 27.7 Å². The number of benzene rings is 1. The third kappa shape index (κ3) is 2.76. The maximum Gasteiger partial charge on any atom is 0.152 e. The van der Waals surface area contributed by atoms with Crippen molar-refractivity contribution >= 4 is 23.2 Å². The number of rotatable bonds is 3. The molecule has 0 bridgehead atoms. The summed E-state index contributed by atoms with van der Waals surface area (Å²) in [6, 6.07) is 3.44. The molecule has 0 atom stereocenters. The maximum atomic E-state index is 9.28. The third-order valence-corrected chi connectivity index (χ3v) is 2.32. The predicted octanol–water partition coefficient (Wildman–Crippen LogP) is 2.46. The molecule has 0 fully saturated rings. The van der Waals surface area contributed by atoms with Crippen LogP contribution in [0.3, 0.4) is 0 Å². The molecule has 2 N–H and O–H groups in total. The van der Waals surface area contributed by atoms with Gasteiger partial charge in [0.15, 0.2) is 5.75 Å². The summed E-state index contributed by atoms with van der Waals surface area (Å²) >= 11 is 11.5. The highest BCUT2D eigenvalue weighted by atomic mass is 35.5. The number of likely N-dealkylation sites (N-methyl/N-ethyl adjacent to an activating group) is 1. The Labute approximate surface area is 87.5 Å². The zero-order valence-corrected chi connectivity index (χ0v) is 8.78. The molecule has 0 aliphatic rings. The van der Waals surface area contributed by atoms with E-state index in [4.69, 9.17) is 23.2 Å². The molecule has 0 radical (unpaired) electrons. The smallest absolute Gasteiger partial charge is 0.152 e. The number of nitrogens with one attached hydrogen (secondary N) is 1. The average Bonchev–Trinajstić information content (AvgIpc) is 2.10. The lowest BCUT2D eigenvalue weighted by Crippen LogP contribution is -2.10. The molecule has 0 amide bonds. The fraction of sp³-hybridized carbons (Fsp3) is 0.333. The summed E-state index contributed by atoms with van der Waals surface area (Å²) in [5, 5.41) is 12.9. The van der Waals surface area contributed by atoms with Gasteiger partial charge in [-0.05, 0) is 37.7 Å². The highest BCUT2D eigenvalue weighted by Crippen LogP contribution is 2.32. The van der Waals surface area contributed by atoms with Crippen molar-refractivity contribution in [2.24, 2.45) is 0 Å². The van der Waals surface area contributed by atoms with E-state index in [1.165, 1.54) is 0 Å². The summed E-state index contributed by atoms with van der Waals surface area (Å²) in [5.41, 5.74) is 1.02. The molecule has 2 nitrogen and oxygen atoms in total. The molecular weight excluding hydrogens is 209 g/mol. The largest absolute Gasteiger partial charge is 0.505 e. The number of aromatic hydroxyl groups is 1. The lowest BCUT2D eigenvalue weighted by Gasteiger charge is -2.04. The second-order valence-electron chi connectivity index (χ2n) is 2.76. The van der Waals surface area contributed by atoms with Gasteiger partial charge in [0, 0.05) is 0 Å². The molecule has 13 heavy (non-hydrogen) atoms. The highest BCUT2D eigenvalue weighted by molar-refractivity contribution is 6.37. The fourth-order valence-electron chi connectivity index (χ4n) is 1.03. The quantitative estimate of drug-likeness (QED) is 0.819. The van der Waals surface area contributed by atoms with Crippen LogP contribution in [0.2, 0.25) is 10.0 Å². The second kappa shape index (κ2) is 4.70. The van der Waals surface area contributed by atoms with Gasteiger partial charge in [-0.1, -0.05) is 23.2 Å². The second-order valence-corrected chi connectivity index (χ2v) is 3.58. The van der Waals surface area contributed by atoms with Crippen LogP contribution in [0.15, 0.2) is 12.1 Å². The van der Waals surface area contributed by atoms with E-state index in [0.29, 0.717) is 10.0 Å². The molecule has 0 unspecified atom stereocenters. The molecule has 0 aliphatic carbocycles. The molecule has 72 valence electrons. The van der Waals surface area contributed by atoms with Crippen molar-refractivity contribution in [2.45, 2.75) is 6.42 Å². The summed E-state index contributed by atoms with van der Waals surface area (Å²) < 4.78 is 0. The van der Waals surface area contributed by atoms with Gasteiger partial charge < -0.3 is 10.4 Å². The first-order valence-corrected chi connectivity index (χ1v) is 4.72. The summed E-state index contributed by atoms with van der Waals surface area (Å²) in [5.74, 6) is -0.0449. The van der Waals surface area contributed by atoms with Crippen LogP contribution in [0.5, 0.6) is 5.75 Å². The van der Waals surface area contributed by atoms with Crippen LogP contribution in [-0.2, 0) is 6.42 Å². The van der Waals surface area contributed by atoms with Gasteiger partial charge in [-0.25, -0.2) is 0 Å². The van der Waals surface area contributed by atoms with E-state index >= 15 is 0 Å². The summed E-state index contributed by atoms with van der Waals surface area (Å²) in [7, 11) is 1.88. The minimum atomic E-state index is -0.0449. The van der Waals surface area contributed by atoms with E-state index in [9.17, 15) is 5.11 Å². The average molecular weight is 220 g/mol. The maximum absolute atomic E-state index is 9.28. The first-order chi connectivity index (χ1) is 6.15. The first kappa shape index (κ1) is 10.6. The molecule has 1 aromatic rings. The highest BCUT2D eigenvalue weighted by Gasteiger charge is 2.05. The number of phenols is 1. The zero-order valence-electron chi connectivity index (χ0n) is 7.27. The zero-order chi connectivity index (χ0) is 9.84. The lowest BCUT2D eigenvalue weighted by atomic mass is 10.1. The SMILES string of the molecule is CNCCc1cc(Cl)c(O)c(Cl)c1. The number of phenolic OH excluding ortho intramolecular Hbond substituents is 1. The topological polar surface area (TPSA) is 32.3 Å². The van der Waals surface area contributed by atoms with Crippen molar-refractivity contribution in [1.29, 1.82) is 0 Å². The Morgan fingerprint density at radius 2 is 1.85 bits per heavy atom. The summed E-state index contributed by atoms with van der Waals surface area (Å²) in [6.45, 7) is 0.859. The van der Waals surface area contributed by atoms with E-state index < -0.39 is 0 Å². The summed E-state index contributed by atoms with van der Waals surface area (Å²) in [4.78, 5) is 0. The van der Waals surface area contributed by atoms with Gasteiger partial charge in [0.1, 0.15) is 0 Å². The van der Waals surface area contributed by atoms with E-state index in [1.54, 1.807) is 12.1 Å².